The normalized spacial score (nSPS) is 15.3. The van der Waals surface area contributed by atoms with Crippen molar-refractivity contribution in [2.45, 2.75) is 19.1 Å². The summed E-state index contributed by atoms with van der Waals surface area (Å²) in [6, 6.07) is 12.2. The Morgan fingerprint density at radius 2 is 2.00 bits per heavy atom. The lowest BCUT2D eigenvalue weighted by molar-refractivity contribution is -0.122. The van der Waals surface area contributed by atoms with Crippen molar-refractivity contribution < 1.29 is 19.4 Å². The summed E-state index contributed by atoms with van der Waals surface area (Å²) in [4.78, 5) is 30.0. The van der Waals surface area contributed by atoms with Crippen LogP contribution in [0.25, 0.3) is 0 Å². The zero-order valence-corrected chi connectivity index (χ0v) is 17.7. The number of rotatable bonds is 6. The first-order valence-corrected chi connectivity index (χ1v) is 10.0. The fraction of sp³-hybridized carbons (Fsp3) is 0.238. The number of hydrogen-bond donors (Lipinski definition) is 1. The van der Waals surface area contributed by atoms with E-state index in [4.69, 9.17) is 4.74 Å². The van der Waals surface area contributed by atoms with Gasteiger partial charge in [0.15, 0.2) is 12.4 Å². The lowest BCUT2D eigenvalue weighted by Crippen LogP contribution is -2.49. The van der Waals surface area contributed by atoms with E-state index >= 15 is 0 Å². The van der Waals surface area contributed by atoms with Gasteiger partial charge in [0.2, 0.25) is 0 Å². The Balaban J connectivity index is 1.76. The van der Waals surface area contributed by atoms with Crippen molar-refractivity contribution in [3.05, 3.63) is 70.7 Å². The van der Waals surface area contributed by atoms with Gasteiger partial charge >= 0.3 is 0 Å². The number of anilines is 1. The van der Waals surface area contributed by atoms with E-state index in [1.165, 1.54) is 29.2 Å². The Morgan fingerprint density at radius 1 is 1.23 bits per heavy atom. The predicted octanol–water partition coefficient (Wildman–Crippen LogP) is 2.56. The van der Waals surface area contributed by atoms with E-state index in [9.17, 15) is 14.7 Å². The summed E-state index contributed by atoms with van der Waals surface area (Å²) in [7, 11) is 0. The number of halogens is 1. The molecule has 8 nitrogen and oxygen atoms in total. The van der Waals surface area contributed by atoms with Gasteiger partial charge in [0.1, 0.15) is 24.0 Å². The Labute approximate surface area is 181 Å². The van der Waals surface area contributed by atoms with Crippen molar-refractivity contribution in [1.29, 1.82) is 0 Å². The molecule has 1 aromatic heterocycles. The van der Waals surface area contributed by atoms with Crippen LogP contribution in [0.3, 0.4) is 0 Å². The predicted molar refractivity (Wildman–Crippen MR) is 112 cm³/mol. The van der Waals surface area contributed by atoms with Gasteiger partial charge in [-0.3, -0.25) is 9.59 Å². The molecule has 0 spiro atoms. The number of ether oxygens (including phenoxy) is 1. The summed E-state index contributed by atoms with van der Waals surface area (Å²) in [5.74, 6) is 0.0531. The number of amides is 1. The average molecular weight is 471 g/mol. The Bertz CT molecular complexity index is 1080. The van der Waals surface area contributed by atoms with Crippen molar-refractivity contribution in [1.82, 2.24) is 14.8 Å². The molecule has 1 aliphatic heterocycles. The first kappa shape index (κ1) is 20.2. The molecule has 9 heteroatoms. The molecule has 0 saturated carbocycles. The second-order valence-electron chi connectivity index (χ2n) is 7.14. The molecule has 3 aromatic rings. The van der Waals surface area contributed by atoms with E-state index in [-0.39, 0.29) is 31.4 Å². The van der Waals surface area contributed by atoms with Crippen LogP contribution in [0.15, 0.2) is 59.6 Å². The third kappa shape index (κ3) is 3.99. The van der Waals surface area contributed by atoms with Crippen LogP contribution < -0.4 is 9.64 Å². The number of aromatic nitrogens is 3. The molecule has 0 fully saturated rings. The van der Waals surface area contributed by atoms with Crippen LogP contribution in [0.4, 0.5) is 5.69 Å². The molecule has 1 aliphatic rings. The minimum atomic E-state index is -1.47. The standard InChI is InChI=1S/C21H19BrN4O4/c1-14(27)15-2-7-19-18(8-15)26(20(28)9-30-19)11-21(29,10-25-13-23-12-24-25)16-3-5-17(22)6-4-16/h2-8,12-13,29H,9-11H2,1H3. The van der Waals surface area contributed by atoms with Gasteiger partial charge in [-0.1, -0.05) is 28.1 Å². The number of ketones is 1. The lowest BCUT2D eigenvalue weighted by atomic mass is 9.92. The number of fused-ring (bicyclic) bond motifs is 1. The van der Waals surface area contributed by atoms with Crippen LogP contribution in [0.1, 0.15) is 22.8 Å². The number of aliphatic hydroxyl groups is 1. The van der Waals surface area contributed by atoms with E-state index in [1.54, 1.807) is 30.3 Å². The molecular weight excluding hydrogens is 452 g/mol. The molecule has 0 bridgehead atoms. The van der Waals surface area contributed by atoms with Crippen LogP contribution in [-0.4, -0.2) is 44.7 Å². The zero-order chi connectivity index (χ0) is 21.3. The van der Waals surface area contributed by atoms with E-state index < -0.39 is 5.60 Å². The topological polar surface area (TPSA) is 97.5 Å². The maximum absolute atomic E-state index is 12.8. The summed E-state index contributed by atoms with van der Waals surface area (Å²) < 4.78 is 7.91. The maximum Gasteiger partial charge on any atom is 0.265 e. The highest BCUT2D eigenvalue weighted by Gasteiger charge is 2.37. The van der Waals surface area contributed by atoms with E-state index in [2.05, 4.69) is 26.0 Å². The van der Waals surface area contributed by atoms with Crippen molar-refractivity contribution in [2.24, 2.45) is 0 Å². The first-order chi connectivity index (χ1) is 14.4. The fourth-order valence-corrected chi connectivity index (χ4v) is 3.70. The molecule has 30 heavy (non-hydrogen) atoms. The number of carbonyl (C=O) groups is 2. The summed E-state index contributed by atoms with van der Waals surface area (Å²) in [6.45, 7) is 1.35. The molecule has 1 N–H and O–H groups in total. The molecule has 154 valence electrons. The fourth-order valence-electron chi connectivity index (χ4n) is 3.43. The highest BCUT2D eigenvalue weighted by atomic mass is 79.9. The van der Waals surface area contributed by atoms with Gasteiger partial charge in [0, 0.05) is 10.0 Å². The molecule has 1 amide bonds. The first-order valence-electron chi connectivity index (χ1n) is 9.25. The Hall–Kier alpha value is -3.04. The van der Waals surface area contributed by atoms with Gasteiger partial charge in [-0.05, 0) is 42.8 Å². The largest absolute Gasteiger partial charge is 0.482 e. The molecule has 0 saturated heterocycles. The summed E-state index contributed by atoms with van der Waals surface area (Å²) in [5, 5.41) is 15.8. The van der Waals surface area contributed by atoms with Crippen LogP contribution in [0, 0.1) is 0 Å². The highest BCUT2D eigenvalue weighted by molar-refractivity contribution is 9.10. The van der Waals surface area contributed by atoms with Gasteiger partial charge in [0.25, 0.3) is 5.91 Å². The molecule has 1 unspecified atom stereocenters. The minimum absolute atomic E-state index is 0.0506. The molecule has 2 aromatic carbocycles. The maximum atomic E-state index is 12.8. The molecular formula is C21H19BrN4O4. The van der Waals surface area contributed by atoms with Crippen LogP contribution in [-0.2, 0) is 16.9 Å². The van der Waals surface area contributed by atoms with E-state index in [0.29, 0.717) is 22.6 Å². The molecule has 1 atom stereocenters. The van der Waals surface area contributed by atoms with Gasteiger partial charge in [0.05, 0.1) is 18.8 Å². The number of nitrogens with zero attached hydrogens (tertiary/aromatic N) is 4. The minimum Gasteiger partial charge on any atom is -0.482 e. The van der Waals surface area contributed by atoms with Crippen molar-refractivity contribution in [2.75, 3.05) is 18.1 Å². The molecule has 4 rings (SSSR count). The van der Waals surface area contributed by atoms with Gasteiger partial charge in [-0.25, -0.2) is 9.67 Å². The number of hydrogen-bond acceptors (Lipinski definition) is 6. The van der Waals surface area contributed by atoms with Gasteiger partial charge in [-0.2, -0.15) is 5.10 Å². The zero-order valence-electron chi connectivity index (χ0n) is 16.2. The smallest absolute Gasteiger partial charge is 0.265 e. The third-order valence-electron chi connectivity index (χ3n) is 5.00. The third-order valence-corrected chi connectivity index (χ3v) is 5.53. The number of carbonyl (C=O) groups excluding carboxylic acids is 2. The lowest BCUT2D eigenvalue weighted by Gasteiger charge is -2.37. The SMILES string of the molecule is CC(=O)c1ccc2c(c1)N(CC(O)(Cn1cncn1)c1ccc(Br)cc1)C(=O)CO2. The summed E-state index contributed by atoms with van der Waals surface area (Å²) in [5.41, 5.74) is 0.0589. The van der Waals surface area contributed by atoms with Crippen LogP contribution in [0.2, 0.25) is 0 Å². The molecule has 0 aliphatic carbocycles. The number of Topliss-reactive ketones (excluding diaryl/α,β-unsaturated/α-hetero) is 1. The second kappa shape index (κ2) is 8.00. The second-order valence-corrected chi connectivity index (χ2v) is 8.05. The van der Waals surface area contributed by atoms with Crippen molar-refractivity contribution >= 4 is 33.3 Å². The van der Waals surface area contributed by atoms with Crippen LogP contribution in [0.5, 0.6) is 5.75 Å². The van der Waals surface area contributed by atoms with Crippen molar-refractivity contribution in [3.8, 4) is 5.75 Å². The molecule has 0 radical (unpaired) electrons. The summed E-state index contributed by atoms with van der Waals surface area (Å²) in [6.07, 6.45) is 2.89. The van der Waals surface area contributed by atoms with E-state index in [0.717, 1.165) is 4.47 Å². The summed E-state index contributed by atoms with van der Waals surface area (Å²) >= 11 is 3.40. The van der Waals surface area contributed by atoms with Crippen LogP contribution >= 0.6 is 15.9 Å². The highest BCUT2D eigenvalue weighted by Crippen LogP contribution is 2.36. The van der Waals surface area contributed by atoms with Crippen molar-refractivity contribution in [3.63, 3.8) is 0 Å². The Morgan fingerprint density at radius 3 is 2.67 bits per heavy atom. The Kier molecular flexibility index (Phi) is 5.40. The van der Waals surface area contributed by atoms with Gasteiger partial charge in [-0.15, -0.1) is 0 Å². The van der Waals surface area contributed by atoms with E-state index in [1.807, 2.05) is 12.1 Å². The number of β-amino-alcohol motifs (C(OH)–C–C–N with tert-alkyl or cyclic N) is 1. The van der Waals surface area contributed by atoms with Gasteiger partial charge < -0.3 is 14.7 Å². The average Bonchev–Trinajstić information content (AvgIpc) is 3.23. The molecule has 2 heterocycles. The quantitative estimate of drug-likeness (QED) is 0.556. The monoisotopic (exact) mass is 470 g/mol. The number of benzene rings is 2.